The van der Waals surface area contributed by atoms with E-state index >= 15 is 0 Å². The van der Waals surface area contributed by atoms with Crippen molar-refractivity contribution in [2.75, 3.05) is 18.6 Å². The lowest BCUT2D eigenvalue weighted by molar-refractivity contribution is -0.145. The molecule has 1 aromatic carbocycles. The van der Waals surface area contributed by atoms with Gasteiger partial charge in [-0.2, -0.15) is 0 Å². The van der Waals surface area contributed by atoms with Crippen LogP contribution in [-0.2, 0) is 14.3 Å². The number of carbonyl (C=O) groups is 2. The minimum atomic E-state index is -0.501. The summed E-state index contributed by atoms with van der Waals surface area (Å²) in [6.45, 7) is 1.80. The Labute approximate surface area is 115 Å². The van der Waals surface area contributed by atoms with Gasteiger partial charge in [-0.05, 0) is 24.6 Å². The molecule has 0 saturated carbocycles. The molecule has 0 N–H and O–H groups in total. The van der Waals surface area contributed by atoms with Gasteiger partial charge in [0, 0.05) is 13.0 Å². The van der Waals surface area contributed by atoms with Crippen molar-refractivity contribution in [3.8, 4) is 0 Å². The van der Waals surface area contributed by atoms with Crippen LogP contribution in [0.1, 0.15) is 12.0 Å². The Morgan fingerprint density at radius 2 is 2.21 bits per heavy atom. The van der Waals surface area contributed by atoms with Crippen LogP contribution in [0.3, 0.4) is 0 Å². The van der Waals surface area contributed by atoms with Gasteiger partial charge in [0.25, 0.3) is 0 Å². The summed E-state index contributed by atoms with van der Waals surface area (Å²) < 4.78 is 18.0. The number of nitrogens with zero attached hydrogens (tertiary/aromatic N) is 1. The lowest BCUT2D eigenvalue weighted by Gasteiger charge is -2.18. The van der Waals surface area contributed by atoms with Crippen LogP contribution in [0.5, 0.6) is 0 Å². The largest absolute Gasteiger partial charge is 0.469 e. The first kappa shape index (κ1) is 13.8. The van der Waals surface area contributed by atoms with Crippen LogP contribution in [0.15, 0.2) is 12.1 Å². The second-order valence-electron chi connectivity index (χ2n) is 4.48. The molecule has 19 heavy (non-hydrogen) atoms. The molecular weight excluding hydrogens is 273 g/mol. The predicted octanol–water partition coefficient (Wildman–Crippen LogP) is 2.31. The van der Waals surface area contributed by atoms with E-state index in [1.807, 2.05) is 0 Å². The third-order valence-corrected chi connectivity index (χ3v) is 3.48. The van der Waals surface area contributed by atoms with Crippen LogP contribution in [0.4, 0.5) is 10.1 Å². The summed E-state index contributed by atoms with van der Waals surface area (Å²) in [6.07, 6.45) is 0.0828. The number of aryl methyl sites for hydroxylation is 1. The van der Waals surface area contributed by atoms with Crippen molar-refractivity contribution in [1.29, 1.82) is 0 Å². The predicted molar refractivity (Wildman–Crippen MR) is 68.6 cm³/mol. The Morgan fingerprint density at radius 1 is 1.53 bits per heavy atom. The zero-order valence-corrected chi connectivity index (χ0v) is 11.3. The van der Waals surface area contributed by atoms with Crippen LogP contribution >= 0.6 is 11.6 Å². The van der Waals surface area contributed by atoms with Gasteiger partial charge in [-0.15, -0.1) is 0 Å². The number of hydrogen-bond acceptors (Lipinski definition) is 3. The van der Waals surface area contributed by atoms with Crippen molar-refractivity contribution >= 4 is 29.2 Å². The number of benzene rings is 1. The zero-order chi connectivity index (χ0) is 14.2. The van der Waals surface area contributed by atoms with Gasteiger partial charge in [0.15, 0.2) is 0 Å². The van der Waals surface area contributed by atoms with E-state index < -0.39 is 17.7 Å². The molecule has 1 fully saturated rings. The Bertz CT molecular complexity index is 547. The first-order valence-electron chi connectivity index (χ1n) is 5.78. The van der Waals surface area contributed by atoms with Crippen molar-refractivity contribution < 1.29 is 18.7 Å². The topological polar surface area (TPSA) is 46.6 Å². The van der Waals surface area contributed by atoms with Crippen molar-refractivity contribution in [1.82, 2.24) is 0 Å². The standard InChI is InChI=1S/C13H13ClFNO3/c1-7-3-11(9(14)5-10(7)15)16-6-8(4-12(16)17)13(18)19-2/h3,5,8H,4,6H2,1-2H3. The highest BCUT2D eigenvalue weighted by Gasteiger charge is 2.36. The van der Waals surface area contributed by atoms with E-state index in [1.165, 1.54) is 24.1 Å². The number of ether oxygens (including phenoxy) is 1. The first-order valence-corrected chi connectivity index (χ1v) is 6.15. The van der Waals surface area contributed by atoms with E-state index in [0.29, 0.717) is 11.3 Å². The van der Waals surface area contributed by atoms with Crippen LogP contribution in [-0.4, -0.2) is 25.5 Å². The van der Waals surface area contributed by atoms with Crippen molar-refractivity contribution in [3.63, 3.8) is 0 Å². The number of hydrogen-bond donors (Lipinski definition) is 0. The van der Waals surface area contributed by atoms with Gasteiger partial charge >= 0.3 is 5.97 Å². The normalized spacial score (nSPS) is 18.8. The van der Waals surface area contributed by atoms with E-state index in [-0.39, 0.29) is 23.9 Å². The number of anilines is 1. The molecule has 1 atom stereocenters. The Morgan fingerprint density at radius 3 is 2.84 bits per heavy atom. The molecule has 1 heterocycles. The van der Waals surface area contributed by atoms with Crippen LogP contribution < -0.4 is 4.90 Å². The molecule has 2 rings (SSSR count). The molecule has 1 aromatic rings. The minimum Gasteiger partial charge on any atom is -0.469 e. The average Bonchev–Trinajstić information content (AvgIpc) is 2.75. The summed E-state index contributed by atoms with van der Waals surface area (Å²) in [7, 11) is 1.28. The second-order valence-corrected chi connectivity index (χ2v) is 4.89. The van der Waals surface area contributed by atoms with E-state index in [0.717, 1.165) is 0 Å². The first-order chi connectivity index (χ1) is 8.93. The SMILES string of the molecule is COC(=O)C1CC(=O)N(c2cc(C)c(F)cc2Cl)C1. The number of rotatable bonds is 2. The number of methoxy groups -OCH3 is 1. The molecule has 0 aliphatic carbocycles. The van der Waals surface area contributed by atoms with E-state index in [2.05, 4.69) is 4.74 Å². The van der Waals surface area contributed by atoms with Crippen molar-refractivity contribution in [3.05, 3.63) is 28.5 Å². The summed E-state index contributed by atoms with van der Waals surface area (Å²) >= 11 is 5.96. The van der Waals surface area contributed by atoms with Gasteiger partial charge in [-0.1, -0.05) is 11.6 Å². The van der Waals surface area contributed by atoms with Gasteiger partial charge in [-0.25, -0.2) is 4.39 Å². The quantitative estimate of drug-likeness (QED) is 0.784. The molecule has 0 radical (unpaired) electrons. The Balaban J connectivity index is 2.30. The summed E-state index contributed by atoms with van der Waals surface area (Å²) in [5, 5.41) is 0.155. The third kappa shape index (κ3) is 2.56. The second kappa shape index (κ2) is 5.17. The molecule has 0 aromatic heterocycles. The van der Waals surface area contributed by atoms with Crippen LogP contribution in [0.25, 0.3) is 0 Å². The number of amides is 1. The number of esters is 1. The van der Waals surface area contributed by atoms with Crippen molar-refractivity contribution in [2.45, 2.75) is 13.3 Å². The maximum Gasteiger partial charge on any atom is 0.311 e. The lowest BCUT2D eigenvalue weighted by atomic mass is 10.1. The maximum absolute atomic E-state index is 13.3. The number of carbonyl (C=O) groups excluding carboxylic acids is 2. The van der Waals surface area contributed by atoms with Gasteiger partial charge in [-0.3, -0.25) is 9.59 Å². The fourth-order valence-corrected chi connectivity index (χ4v) is 2.37. The molecule has 1 saturated heterocycles. The zero-order valence-electron chi connectivity index (χ0n) is 10.6. The summed E-state index contributed by atoms with van der Waals surface area (Å²) in [5.74, 6) is -1.57. The molecular formula is C13H13ClFNO3. The van der Waals surface area contributed by atoms with Gasteiger partial charge in [0.05, 0.1) is 23.7 Å². The fraction of sp³-hybridized carbons (Fsp3) is 0.385. The average molecular weight is 286 g/mol. The Kier molecular flexibility index (Phi) is 3.75. The molecule has 102 valence electrons. The molecule has 1 aliphatic rings. The Hall–Kier alpha value is -1.62. The monoisotopic (exact) mass is 285 g/mol. The van der Waals surface area contributed by atoms with E-state index in [9.17, 15) is 14.0 Å². The van der Waals surface area contributed by atoms with Gasteiger partial charge < -0.3 is 9.64 Å². The summed E-state index contributed by atoms with van der Waals surface area (Å²) in [6, 6.07) is 2.68. The van der Waals surface area contributed by atoms with Gasteiger partial charge in [0.2, 0.25) is 5.91 Å². The lowest BCUT2D eigenvalue weighted by Crippen LogP contribution is -2.26. The molecule has 0 bridgehead atoms. The fourth-order valence-electron chi connectivity index (χ4n) is 2.11. The van der Waals surface area contributed by atoms with Gasteiger partial charge in [0.1, 0.15) is 5.82 Å². The molecule has 1 amide bonds. The van der Waals surface area contributed by atoms with E-state index in [1.54, 1.807) is 6.92 Å². The molecule has 6 heteroatoms. The summed E-state index contributed by atoms with van der Waals surface area (Å²) in [5.41, 5.74) is 0.825. The summed E-state index contributed by atoms with van der Waals surface area (Å²) in [4.78, 5) is 24.8. The van der Waals surface area contributed by atoms with E-state index in [4.69, 9.17) is 11.6 Å². The smallest absolute Gasteiger partial charge is 0.311 e. The van der Waals surface area contributed by atoms with Crippen LogP contribution in [0, 0.1) is 18.7 Å². The molecule has 0 spiro atoms. The molecule has 1 unspecified atom stereocenters. The number of halogens is 2. The third-order valence-electron chi connectivity index (χ3n) is 3.18. The molecule has 4 nitrogen and oxygen atoms in total. The van der Waals surface area contributed by atoms with Crippen LogP contribution in [0.2, 0.25) is 5.02 Å². The maximum atomic E-state index is 13.3. The van der Waals surface area contributed by atoms with Crippen molar-refractivity contribution in [2.24, 2.45) is 5.92 Å². The highest BCUT2D eigenvalue weighted by Crippen LogP contribution is 2.33. The minimum absolute atomic E-state index is 0.0828. The highest BCUT2D eigenvalue weighted by atomic mass is 35.5. The molecule has 1 aliphatic heterocycles. The highest BCUT2D eigenvalue weighted by molar-refractivity contribution is 6.34.